The minimum absolute atomic E-state index is 0.823. The van der Waals surface area contributed by atoms with Gasteiger partial charge >= 0.3 is 0 Å². The molecular formula is C113H76N6O3. The van der Waals surface area contributed by atoms with E-state index in [0.717, 1.165) is 138 Å². The van der Waals surface area contributed by atoms with Crippen molar-refractivity contribution in [3.63, 3.8) is 0 Å². The maximum atomic E-state index is 6.57. The summed E-state index contributed by atoms with van der Waals surface area (Å²) in [6.07, 6.45) is 2.48. The van der Waals surface area contributed by atoms with Crippen LogP contribution in [0, 0.1) is 0 Å². The summed E-state index contributed by atoms with van der Waals surface area (Å²) >= 11 is 0. The van der Waals surface area contributed by atoms with Gasteiger partial charge in [-0.2, -0.15) is 0 Å². The van der Waals surface area contributed by atoms with Crippen LogP contribution in [0.3, 0.4) is 0 Å². The first kappa shape index (κ1) is 70.5. The molecule has 0 radical (unpaired) electrons. The molecule has 3 aliphatic rings. The summed E-state index contributed by atoms with van der Waals surface area (Å²) in [4.78, 5) is 15.0. The van der Waals surface area contributed by atoms with Crippen LogP contribution in [0.2, 0.25) is 0 Å². The lowest BCUT2D eigenvalue weighted by Gasteiger charge is -2.25. The monoisotopic (exact) mass is 1560 g/mol. The number of ether oxygens (including phenoxy) is 3. The van der Waals surface area contributed by atoms with Crippen molar-refractivity contribution in [2.75, 3.05) is 0 Å². The van der Waals surface area contributed by atoms with Crippen molar-refractivity contribution >= 4 is 119 Å². The van der Waals surface area contributed by atoms with E-state index in [2.05, 4.69) is 368 Å². The van der Waals surface area contributed by atoms with Gasteiger partial charge in [0.1, 0.15) is 34.0 Å². The molecule has 0 bridgehead atoms. The summed E-state index contributed by atoms with van der Waals surface area (Å²) < 4.78 is 26.7. The van der Waals surface area contributed by atoms with E-state index in [-0.39, 0.29) is 0 Å². The number of aromatic nitrogens is 6. The maximum absolute atomic E-state index is 6.57. The van der Waals surface area contributed by atoms with E-state index in [1.54, 1.807) is 0 Å². The molecule has 0 unspecified atom stereocenters. The number of aryl methyl sites for hydroxylation is 3. The third-order valence-electron chi connectivity index (χ3n) is 25.2. The third-order valence-corrected chi connectivity index (χ3v) is 25.2. The van der Waals surface area contributed by atoms with Crippen LogP contribution in [0.15, 0.2) is 370 Å². The standard InChI is InChI=1S/2C39H26N2O.C35H24N2O/c1-2-35-40-32-21-11-23-34-39(32)41(35)38-31(20-10-22-33(38)42-34)37-29-17-7-5-15-27(29)36(28-16-6-8-18-30(28)37)26-19-9-13-24-12-3-4-14-25(24)26;1-2-35-40-32-18-10-20-34-39(32)41(35)38-31(17-9-19-33(38)42-34)37-29-15-7-5-13-27(29)36(28-14-6-8-16-30(28)37)26-22-21-24-11-3-4-12-25(24)23-26;1-2-31-36-28-19-11-21-30-35(28)37(31)34-27(18-10-20-29(34)38-30)33-25-16-8-6-14-23(25)32(22-12-4-3-5-13-22)24-15-7-9-17-26(24)33/h2*3-23H,2H2,1H3;3-21H,2H2,1H3. The number of fused-ring (bicyclic) bond motifs is 14. The summed E-state index contributed by atoms with van der Waals surface area (Å²) in [5.41, 5.74) is 23.8. The highest BCUT2D eigenvalue weighted by Crippen LogP contribution is 2.56. The smallest absolute Gasteiger partial charge is 0.153 e. The zero-order chi connectivity index (χ0) is 80.8. The Morgan fingerprint density at radius 1 is 0.205 bits per heavy atom. The Bertz CT molecular complexity index is 8150. The van der Waals surface area contributed by atoms with Gasteiger partial charge in [0.2, 0.25) is 0 Å². The molecule has 9 heteroatoms. The van der Waals surface area contributed by atoms with Crippen LogP contribution < -0.4 is 14.2 Å². The highest BCUT2D eigenvalue weighted by molar-refractivity contribution is 6.27. The average Bonchev–Trinajstić information content (AvgIpc) is 1.34. The van der Waals surface area contributed by atoms with Crippen LogP contribution in [-0.2, 0) is 19.3 Å². The van der Waals surface area contributed by atoms with E-state index >= 15 is 0 Å². The molecule has 20 aromatic carbocycles. The second-order valence-corrected chi connectivity index (χ2v) is 31.8. The highest BCUT2D eigenvalue weighted by atomic mass is 16.5. The number of benzene rings is 20. The number of nitrogens with zero attached hydrogens (tertiary/aromatic N) is 6. The molecule has 0 saturated carbocycles. The van der Waals surface area contributed by atoms with Crippen molar-refractivity contribution in [1.82, 2.24) is 28.7 Å². The van der Waals surface area contributed by atoms with E-state index < -0.39 is 0 Å². The molecule has 0 saturated heterocycles. The number of hydrogen-bond donors (Lipinski definition) is 0. The van der Waals surface area contributed by atoms with Crippen molar-refractivity contribution in [3.8, 4) is 118 Å². The number of rotatable bonds is 9. The quantitative estimate of drug-likeness (QED) is 0.134. The van der Waals surface area contributed by atoms with E-state index in [9.17, 15) is 0 Å². The van der Waals surface area contributed by atoms with Crippen molar-refractivity contribution in [1.29, 1.82) is 0 Å². The number of para-hydroxylation sites is 6. The topological polar surface area (TPSA) is 81.1 Å². The van der Waals surface area contributed by atoms with Crippen molar-refractivity contribution in [3.05, 3.63) is 388 Å². The Hall–Kier alpha value is -15.7. The minimum atomic E-state index is 0.823. The van der Waals surface area contributed by atoms with Gasteiger partial charge in [0, 0.05) is 36.0 Å². The molecule has 6 heterocycles. The first-order valence-corrected chi connectivity index (χ1v) is 42.2. The Morgan fingerprint density at radius 3 is 0.844 bits per heavy atom. The van der Waals surface area contributed by atoms with Crippen molar-refractivity contribution < 1.29 is 14.2 Å². The van der Waals surface area contributed by atoms with Crippen LogP contribution in [0.25, 0.3) is 203 Å². The largest absolute Gasteiger partial charge is 0.453 e. The Kier molecular flexibility index (Phi) is 16.3. The molecule has 0 spiro atoms. The lowest BCUT2D eigenvalue weighted by atomic mass is 9.84. The average molecular weight is 1570 g/mol. The second kappa shape index (κ2) is 28.3. The van der Waals surface area contributed by atoms with E-state index in [1.165, 1.54) is 136 Å². The van der Waals surface area contributed by atoms with Gasteiger partial charge in [-0.15, -0.1) is 0 Å². The Balaban J connectivity index is 0.000000104. The zero-order valence-electron chi connectivity index (χ0n) is 67.2. The molecule has 23 aromatic rings. The fraction of sp³-hybridized carbons (Fsp3) is 0.0531. The SMILES string of the molecule is CCc1nc2cccc3c2n1-c1c(cccc1-c1c2ccccc2c(-c2ccc4ccccc4c2)c2ccccc12)O3.CCc1nc2cccc3c2n1-c1c(cccc1-c1c2ccccc2c(-c2cccc4ccccc24)c2ccccc12)O3.CCc1nc2cccc3c2n1-c1c(cccc1-c1c2ccccc2c(-c2ccccc2)c2ccccc12)O3. The summed E-state index contributed by atoms with van der Waals surface area (Å²) in [6.45, 7) is 6.51. The third kappa shape index (κ3) is 10.8. The molecular weight excluding hydrogens is 1490 g/mol. The van der Waals surface area contributed by atoms with Gasteiger partial charge in [-0.05, 0) is 197 Å². The fourth-order valence-corrected chi connectivity index (χ4v) is 20.1. The van der Waals surface area contributed by atoms with Crippen LogP contribution in [0.5, 0.6) is 34.5 Å². The van der Waals surface area contributed by atoms with Crippen molar-refractivity contribution in [2.45, 2.75) is 40.0 Å². The number of hydrogen-bond acceptors (Lipinski definition) is 6. The molecule has 0 N–H and O–H groups in total. The van der Waals surface area contributed by atoms with Gasteiger partial charge in [0.25, 0.3) is 0 Å². The molecule has 0 aliphatic carbocycles. The first-order chi connectivity index (χ1) is 60.4. The second-order valence-electron chi connectivity index (χ2n) is 31.8. The van der Waals surface area contributed by atoms with E-state index in [0.29, 0.717) is 0 Å². The Morgan fingerprint density at radius 2 is 0.475 bits per heavy atom. The lowest BCUT2D eigenvalue weighted by molar-refractivity contribution is 0.474. The van der Waals surface area contributed by atoms with Gasteiger partial charge in [-0.25, -0.2) is 15.0 Å². The molecule has 26 rings (SSSR count). The molecule has 0 fully saturated rings. The molecule has 9 nitrogen and oxygen atoms in total. The van der Waals surface area contributed by atoms with Gasteiger partial charge in [0.15, 0.2) is 34.5 Å². The van der Waals surface area contributed by atoms with Crippen molar-refractivity contribution in [2.24, 2.45) is 0 Å². The first-order valence-electron chi connectivity index (χ1n) is 42.2. The summed E-state index contributed by atoms with van der Waals surface area (Å²) in [5.74, 6) is 8.24. The molecule has 3 aliphatic heterocycles. The molecule has 576 valence electrons. The molecule has 0 amide bonds. The van der Waals surface area contributed by atoms with Gasteiger partial charge in [-0.3, -0.25) is 13.7 Å². The highest BCUT2D eigenvalue weighted by Gasteiger charge is 2.33. The van der Waals surface area contributed by atoms with Gasteiger partial charge < -0.3 is 14.2 Å². The van der Waals surface area contributed by atoms with Gasteiger partial charge in [-0.1, -0.05) is 330 Å². The van der Waals surface area contributed by atoms with Gasteiger partial charge in [0.05, 0.1) is 33.6 Å². The van der Waals surface area contributed by atoms with Crippen LogP contribution >= 0.6 is 0 Å². The Labute approximate surface area is 703 Å². The van der Waals surface area contributed by atoms with Crippen LogP contribution in [-0.4, -0.2) is 28.7 Å². The lowest BCUT2D eigenvalue weighted by Crippen LogP contribution is -2.09. The number of imidazole rings is 3. The molecule has 0 atom stereocenters. The molecule has 3 aromatic heterocycles. The summed E-state index contributed by atoms with van der Waals surface area (Å²) in [5, 5.41) is 19.8. The van der Waals surface area contributed by atoms with E-state index in [4.69, 9.17) is 29.2 Å². The van der Waals surface area contributed by atoms with Crippen LogP contribution in [0.4, 0.5) is 0 Å². The minimum Gasteiger partial charge on any atom is -0.453 e. The summed E-state index contributed by atoms with van der Waals surface area (Å²) in [7, 11) is 0. The van der Waals surface area contributed by atoms with Crippen LogP contribution in [0.1, 0.15) is 38.2 Å². The maximum Gasteiger partial charge on any atom is 0.153 e. The molecule has 122 heavy (non-hydrogen) atoms. The predicted molar refractivity (Wildman–Crippen MR) is 504 cm³/mol. The fourth-order valence-electron chi connectivity index (χ4n) is 20.1. The van der Waals surface area contributed by atoms with E-state index in [1.807, 2.05) is 36.4 Å². The zero-order valence-corrected chi connectivity index (χ0v) is 67.2. The normalized spacial score (nSPS) is 12.2. The predicted octanol–water partition coefficient (Wildman–Crippen LogP) is 30.3. The summed E-state index contributed by atoms with van der Waals surface area (Å²) in [6, 6.07) is 132.